The van der Waals surface area contributed by atoms with Gasteiger partial charge >= 0.3 is 6.03 Å². The number of carbonyl (C=O) groups excluding carboxylic acids is 2. The fraction of sp³-hybridized carbons (Fsp3) is 0.344. The van der Waals surface area contributed by atoms with Gasteiger partial charge in [0.25, 0.3) is 5.91 Å². The summed E-state index contributed by atoms with van der Waals surface area (Å²) in [5, 5.41) is 12.7. The van der Waals surface area contributed by atoms with Crippen molar-refractivity contribution in [1.82, 2.24) is 5.32 Å². The summed E-state index contributed by atoms with van der Waals surface area (Å²) in [7, 11) is 0. The Morgan fingerprint density at radius 1 is 1.00 bits per heavy atom. The average Bonchev–Trinajstić information content (AvgIpc) is 3.26. The minimum absolute atomic E-state index is 0.0864. The third-order valence-electron chi connectivity index (χ3n) is 7.21. The zero-order chi connectivity index (χ0) is 27.8. The second-order valence-corrected chi connectivity index (χ2v) is 10.6. The zero-order valence-electron chi connectivity index (χ0n) is 22.9. The molecule has 7 heteroatoms. The Morgan fingerprint density at radius 3 is 2.33 bits per heavy atom. The summed E-state index contributed by atoms with van der Waals surface area (Å²) in [5.74, 6) is -0.0202. The van der Waals surface area contributed by atoms with Crippen molar-refractivity contribution in [3.05, 3.63) is 94.5 Å². The molecule has 6 nitrogen and oxygen atoms in total. The van der Waals surface area contributed by atoms with Crippen molar-refractivity contribution in [2.75, 3.05) is 16.9 Å². The molecule has 0 radical (unpaired) electrons. The standard InChI is InChI=1S/C32H37ClN4O2/c1-4-6-7-23(5-2)21-34-32(39)35-27-16-18-28(19-17-27)37-31(38)29(20-24-10-8-22(3)9-11-24)30(36-37)25-12-14-26(33)15-13-25/h8-19,23,29H,4-7,20-21H2,1-3H3,(H2,34,35,39). The smallest absolute Gasteiger partial charge is 0.319 e. The van der Waals surface area contributed by atoms with Crippen LogP contribution in [-0.2, 0) is 11.2 Å². The molecule has 3 aromatic rings. The molecular formula is C32H37ClN4O2. The fourth-order valence-electron chi connectivity index (χ4n) is 4.74. The molecule has 4 rings (SSSR count). The molecule has 39 heavy (non-hydrogen) atoms. The normalized spacial score (nSPS) is 15.7. The highest BCUT2D eigenvalue weighted by Gasteiger charge is 2.37. The second-order valence-electron chi connectivity index (χ2n) is 10.2. The molecule has 0 spiro atoms. The number of benzene rings is 3. The molecule has 2 unspecified atom stereocenters. The summed E-state index contributed by atoms with van der Waals surface area (Å²) >= 11 is 6.11. The minimum Gasteiger partial charge on any atom is -0.338 e. The molecule has 3 aromatic carbocycles. The summed E-state index contributed by atoms with van der Waals surface area (Å²) in [6, 6.07) is 22.6. The van der Waals surface area contributed by atoms with E-state index in [1.54, 1.807) is 24.3 Å². The first-order valence-corrected chi connectivity index (χ1v) is 14.1. The van der Waals surface area contributed by atoms with Crippen molar-refractivity contribution in [2.45, 2.75) is 52.9 Å². The third kappa shape index (κ3) is 7.48. The molecule has 0 fully saturated rings. The highest BCUT2D eigenvalue weighted by atomic mass is 35.5. The van der Waals surface area contributed by atoms with Crippen molar-refractivity contribution >= 4 is 40.6 Å². The maximum atomic E-state index is 13.6. The first kappa shape index (κ1) is 28.4. The number of nitrogens with one attached hydrogen (secondary N) is 2. The van der Waals surface area contributed by atoms with Gasteiger partial charge in [-0.25, -0.2) is 4.79 Å². The van der Waals surface area contributed by atoms with Gasteiger partial charge in [0.05, 0.1) is 17.3 Å². The van der Waals surface area contributed by atoms with E-state index in [-0.39, 0.29) is 11.9 Å². The first-order chi connectivity index (χ1) is 18.9. The van der Waals surface area contributed by atoms with E-state index in [9.17, 15) is 9.59 Å². The number of aryl methyl sites for hydroxylation is 1. The van der Waals surface area contributed by atoms with Crippen LogP contribution in [0.3, 0.4) is 0 Å². The molecule has 0 bridgehead atoms. The monoisotopic (exact) mass is 544 g/mol. The highest BCUT2D eigenvalue weighted by molar-refractivity contribution is 6.30. The van der Waals surface area contributed by atoms with Gasteiger partial charge in [-0.3, -0.25) is 4.79 Å². The lowest BCUT2D eigenvalue weighted by Gasteiger charge is -2.17. The molecule has 1 heterocycles. The SMILES string of the molecule is CCCCC(CC)CNC(=O)Nc1ccc(N2N=C(c3ccc(Cl)cc3)C(Cc3ccc(C)cc3)C2=O)cc1. The van der Waals surface area contributed by atoms with E-state index < -0.39 is 5.92 Å². The fourth-order valence-corrected chi connectivity index (χ4v) is 4.87. The van der Waals surface area contributed by atoms with Crippen LogP contribution in [0.15, 0.2) is 77.9 Å². The number of hydrogen-bond donors (Lipinski definition) is 2. The van der Waals surface area contributed by atoms with Crippen molar-refractivity contribution < 1.29 is 9.59 Å². The minimum atomic E-state index is -0.420. The predicted molar refractivity (Wildman–Crippen MR) is 161 cm³/mol. The van der Waals surface area contributed by atoms with Gasteiger partial charge in [-0.1, -0.05) is 86.7 Å². The van der Waals surface area contributed by atoms with Crippen molar-refractivity contribution in [1.29, 1.82) is 0 Å². The topological polar surface area (TPSA) is 73.8 Å². The van der Waals surface area contributed by atoms with Crippen molar-refractivity contribution in [2.24, 2.45) is 16.9 Å². The zero-order valence-corrected chi connectivity index (χ0v) is 23.7. The second kappa shape index (κ2) is 13.4. The van der Waals surface area contributed by atoms with Crippen LogP contribution in [0.25, 0.3) is 0 Å². The van der Waals surface area contributed by atoms with Gasteiger partial charge in [0.1, 0.15) is 0 Å². The molecule has 1 aliphatic rings. The number of hydrogen-bond acceptors (Lipinski definition) is 3. The van der Waals surface area contributed by atoms with E-state index in [0.717, 1.165) is 30.4 Å². The molecule has 0 aliphatic carbocycles. The van der Waals surface area contributed by atoms with Gasteiger partial charge in [-0.05, 0) is 73.2 Å². The maximum Gasteiger partial charge on any atom is 0.319 e. The largest absolute Gasteiger partial charge is 0.338 e. The number of unbranched alkanes of at least 4 members (excludes halogenated alkanes) is 1. The van der Waals surface area contributed by atoms with E-state index >= 15 is 0 Å². The number of hydrazone groups is 1. The lowest BCUT2D eigenvalue weighted by Crippen LogP contribution is -2.33. The molecule has 0 saturated carbocycles. The Morgan fingerprint density at radius 2 is 1.69 bits per heavy atom. The van der Waals surface area contributed by atoms with Crippen LogP contribution in [0.1, 0.15) is 56.2 Å². The van der Waals surface area contributed by atoms with Crippen LogP contribution in [0.2, 0.25) is 5.02 Å². The number of carbonyl (C=O) groups is 2. The Bertz CT molecular complexity index is 1290. The van der Waals surface area contributed by atoms with Crippen molar-refractivity contribution in [3.8, 4) is 0 Å². The number of amides is 3. The van der Waals surface area contributed by atoms with Gasteiger partial charge in [0.2, 0.25) is 0 Å². The summed E-state index contributed by atoms with van der Waals surface area (Å²) in [5.41, 5.74) is 5.14. The average molecular weight is 545 g/mol. The summed E-state index contributed by atoms with van der Waals surface area (Å²) < 4.78 is 0. The Balaban J connectivity index is 1.47. The maximum absolute atomic E-state index is 13.6. The number of rotatable bonds is 11. The highest BCUT2D eigenvalue weighted by Crippen LogP contribution is 2.30. The number of urea groups is 1. The van der Waals surface area contributed by atoms with Gasteiger partial charge in [0.15, 0.2) is 0 Å². The molecule has 0 aromatic heterocycles. The van der Waals surface area contributed by atoms with Crippen LogP contribution in [0.5, 0.6) is 0 Å². The van der Waals surface area contributed by atoms with Gasteiger partial charge in [-0.2, -0.15) is 10.1 Å². The predicted octanol–water partition coefficient (Wildman–Crippen LogP) is 7.60. The van der Waals surface area contributed by atoms with E-state index in [1.165, 1.54) is 17.0 Å². The molecule has 1 aliphatic heterocycles. The van der Waals surface area contributed by atoms with Crippen LogP contribution in [0, 0.1) is 18.8 Å². The molecule has 204 valence electrons. The Kier molecular flexibility index (Phi) is 9.77. The van der Waals surface area contributed by atoms with Gasteiger partial charge < -0.3 is 10.6 Å². The molecule has 2 atom stereocenters. The molecular weight excluding hydrogens is 508 g/mol. The summed E-state index contributed by atoms with van der Waals surface area (Å²) in [4.78, 5) is 26.1. The van der Waals surface area contributed by atoms with E-state index in [2.05, 4.69) is 48.7 Å². The molecule has 0 saturated heterocycles. The van der Waals surface area contributed by atoms with Gasteiger partial charge in [-0.15, -0.1) is 0 Å². The lowest BCUT2D eigenvalue weighted by molar-refractivity contribution is -0.119. The van der Waals surface area contributed by atoms with Crippen LogP contribution in [-0.4, -0.2) is 24.2 Å². The number of halogens is 1. The summed E-state index contributed by atoms with van der Waals surface area (Å²) in [6.45, 7) is 7.04. The van der Waals surface area contributed by atoms with Crippen LogP contribution in [0.4, 0.5) is 16.2 Å². The van der Waals surface area contributed by atoms with E-state index in [1.807, 2.05) is 31.2 Å². The van der Waals surface area contributed by atoms with Crippen LogP contribution >= 0.6 is 11.6 Å². The van der Waals surface area contributed by atoms with E-state index in [4.69, 9.17) is 16.7 Å². The first-order valence-electron chi connectivity index (χ1n) is 13.8. The lowest BCUT2D eigenvalue weighted by atomic mass is 9.90. The summed E-state index contributed by atoms with van der Waals surface area (Å²) in [6.07, 6.45) is 5.05. The number of anilines is 2. The van der Waals surface area contributed by atoms with Crippen molar-refractivity contribution in [3.63, 3.8) is 0 Å². The molecule has 3 amide bonds. The quantitative estimate of drug-likeness (QED) is 0.261. The Hall–Kier alpha value is -3.64. The number of nitrogens with zero attached hydrogens (tertiary/aromatic N) is 2. The molecule has 2 N–H and O–H groups in total. The Labute approximate surface area is 236 Å². The third-order valence-corrected chi connectivity index (χ3v) is 7.46. The van der Waals surface area contributed by atoms with E-state index in [0.29, 0.717) is 41.0 Å². The van der Waals surface area contributed by atoms with Crippen LogP contribution < -0.4 is 15.6 Å². The van der Waals surface area contributed by atoms with Gasteiger partial charge in [0, 0.05) is 17.3 Å².